The number of hydrogen-bond acceptors (Lipinski definition) is 15. The Hall–Kier alpha value is -4.54. The summed E-state index contributed by atoms with van der Waals surface area (Å²) in [6, 6.07) is 0. The fraction of sp³-hybridized carbons (Fsp3) is 0.688. The molecule has 0 amide bonds. The van der Waals surface area contributed by atoms with Gasteiger partial charge >= 0.3 is 39.5 Å². The molecule has 0 bridgehead atoms. The lowest BCUT2D eigenvalue weighted by atomic mass is 10.1. The van der Waals surface area contributed by atoms with E-state index in [9.17, 15) is 43.2 Å². The first-order chi connectivity index (χ1) is 46.7. The van der Waals surface area contributed by atoms with E-state index in [1.54, 1.807) is 0 Å². The van der Waals surface area contributed by atoms with E-state index >= 15 is 0 Å². The molecule has 0 aromatic carbocycles. The molecule has 0 spiro atoms. The van der Waals surface area contributed by atoms with Gasteiger partial charge in [-0.2, -0.15) is 0 Å². The molecule has 5 atom stereocenters. The van der Waals surface area contributed by atoms with Gasteiger partial charge in [-0.25, -0.2) is 9.13 Å². The molecule has 0 aliphatic rings. The number of ether oxygens (including phenoxy) is 4. The van der Waals surface area contributed by atoms with Crippen LogP contribution in [0.3, 0.4) is 0 Å². The summed E-state index contributed by atoms with van der Waals surface area (Å²) in [5, 5.41) is 10.6. The summed E-state index contributed by atoms with van der Waals surface area (Å²) in [7, 11) is -9.97. The van der Waals surface area contributed by atoms with E-state index in [0.717, 1.165) is 173 Å². The minimum atomic E-state index is -4.99. The molecule has 0 aliphatic heterocycles. The third-order valence-electron chi connectivity index (χ3n) is 14.9. The van der Waals surface area contributed by atoms with Gasteiger partial charge in [-0.15, -0.1) is 0 Å². The molecule has 17 nitrogen and oxygen atoms in total. The average Bonchev–Trinajstić information content (AvgIpc) is 1.09. The van der Waals surface area contributed by atoms with Crippen LogP contribution in [-0.4, -0.2) is 96.7 Å². The number of hydrogen-bond donors (Lipinski definition) is 3. The van der Waals surface area contributed by atoms with Crippen LogP contribution < -0.4 is 0 Å². The third kappa shape index (κ3) is 68.0. The Labute approximate surface area is 581 Å². The van der Waals surface area contributed by atoms with Gasteiger partial charge in [0, 0.05) is 25.7 Å². The van der Waals surface area contributed by atoms with Gasteiger partial charge in [0.1, 0.15) is 19.3 Å². The van der Waals surface area contributed by atoms with Crippen molar-refractivity contribution in [1.82, 2.24) is 0 Å². The highest BCUT2D eigenvalue weighted by molar-refractivity contribution is 7.47. The molecule has 550 valence electrons. The summed E-state index contributed by atoms with van der Waals surface area (Å²) >= 11 is 0. The summed E-state index contributed by atoms with van der Waals surface area (Å²) in [4.78, 5) is 72.7. The van der Waals surface area contributed by atoms with E-state index in [0.29, 0.717) is 25.7 Å². The number of aliphatic hydroxyl groups excluding tert-OH is 1. The largest absolute Gasteiger partial charge is 0.472 e. The van der Waals surface area contributed by atoms with E-state index in [2.05, 4.69) is 149 Å². The first kappa shape index (κ1) is 91.5. The molecule has 0 aliphatic carbocycles. The first-order valence-electron chi connectivity index (χ1n) is 36.8. The Morgan fingerprint density at radius 1 is 0.302 bits per heavy atom. The number of phosphoric acid groups is 2. The number of carbonyl (C=O) groups is 4. The molecule has 0 aromatic heterocycles. The predicted octanol–water partition coefficient (Wildman–Crippen LogP) is 20.8. The van der Waals surface area contributed by atoms with Crippen molar-refractivity contribution in [3.8, 4) is 0 Å². The fourth-order valence-electron chi connectivity index (χ4n) is 9.29. The van der Waals surface area contributed by atoms with Gasteiger partial charge < -0.3 is 33.8 Å². The van der Waals surface area contributed by atoms with Crippen molar-refractivity contribution in [3.63, 3.8) is 0 Å². The number of esters is 4. The lowest BCUT2D eigenvalue weighted by molar-refractivity contribution is -0.161. The van der Waals surface area contributed by atoms with Gasteiger partial charge in [-0.1, -0.05) is 233 Å². The van der Waals surface area contributed by atoms with Crippen LogP contribution in [-0.2, 0) is 65.4 Å². The molecule has 5 unspecified atom stereocenters. The summed E-state index contributed by atoms with van der Waals surface area (Å²) < 4.78 is 68.3. The van der Waals surface area contributed by atoms with Crippen molar-refractivity contribution >= 4 is 39.5 Å². The van der Waals surface area contributed by atoms with E-state index in [-0.39, 0.29) is 25.7 Å². The Morgan fingerprint density at radius 3 is 0.896 bits per heavy atom. The van der Waals surface area contributed by atoms with Crippen LogP contribution in [0.15, 0.2) is 122 Å². The molecule has 0 heterocycles. The summed E-state index contributed by atoms with van der Waals surface area (Å²) in [5.41, 5.74) is 0. The van der Waals surface area contributed by atoms with Crippen molar-refractivity contribution in [1.29, 1.82) is 0 Å². The highest BCUT2D eigenvalue weighted by Gasteiger charge is 2.30. The molecule has 0 fully saturated rings. The van der Waals surface area contributed by atoms with E-state index in [1.807, 2.05) is 0 Å². The molecule has 0 radical (unpaired) electrons. The molecule has 96 heavy (non-hydrogen) atoms. The maximum absolute atomic E-state index is 13.1. The van der Waals surface area contributed by atoms with E-state index in [4.69, 9.17) is 37.0 Å². The molecule has 0 saturated carbocycles. The number of carbonyl (C=O) groups excluding carboxylic acids is 4. The second-order valence-corrected chi connectivity index (χ2v) is 27.0. The number of unbranched alkanes of at least 4 members (excludes halogenated alkanes) is 22. The topological polar surface area (TPSA) is 237 Å². The zero-order valence-electron chi connectivity index (χ0n) is 59.8. The van der Waals surface area contributed by atoms with Gasteiger partial charge in [0.15, 0.2) is 12.2 Å². The Bertz CT molecular complexity index is 2300. The highest BCUT2D eigenvalue weighted by atomic mass is 31.2. The quantitative estimate of drug-likeness (QED) is 0.0169. The van der Waals surface area contributed by atoms with Crippen LogP contribution in [0.2, 0.25) is 0 Å². The zero-order chi connectivity index (χ0) is 70.4. The minimum absolute atomic E-state index is 0.0672. The van der Waals surface area contributed by atoms with Crippen molar-refractivity contribution in [2.24, 2.45) is 0 Å². The van der Waals surface area contributed by atoms with E-state index < -0.39 is 97.5 Å². The van der Waals surface area contributed by atoms with Crippen molar-refractivity contribution in [3.05, 3.63) is 122 Å². The van der Waals surface area contributed by atoms with Crippen LogP contribution in [0.5, 0.6) is 0 Å². The lowest BCUT2D eigenvalue weighted by Gasteiger charge is -2.21. The van der Waals surface area contributed by atoms with Gasteiger partial charge in [-0.05, 0) is 148 Å². The minimum Gasteiger partial charge on any atom is -0.462 e. The molecular formula is C77H130O17P2. The normalized spacial score (nSPS) is 14.7. The summed E-state index contributed by atoms with van der Waals surface area (Å²) in [6.45, 7) is 4.47. The van der Waals surface area contributed by atoms with Gasteiger partial charge in [0.05, 0.1) is 26.4 Å². The lowest BCUT2D eigenvalue weighted by Crippen LogP contribution is -2.30. The van der Waals surface area contributed by atoms with Gasteiger partial charge in [0.2, 0.25) is 0 Å². The molecule has 3 N–H and O–H groups in total. The molecule has 19 heteroatoms. The molecular weight excluding hydrogens is 1260 g/mol. The highest BCUT2D eigenvalue weighted by Crippen LogP contribution is 2.45. The molecule has 0 aromatic rings. The second kappa shape index (κ2) is 69.0. The summed E-state index contributed by atoms with van der Waals surface area (Å²) in [6.07, 6.45) is 73.5. The second-order valence-electron chi connectivity index (χ2n) is 24.1. The van der Waals surface area contributed by atoms with Gasteiger partial charge in [-0.3, -0.25) is 37.3 Å². The van der Waals surface area contributed by atoms with Crippen LogP contribution in [0, 0.1) is 0 Å². The van der Waals surface area contributed by atoms with Crippen LogP contribution in [0.1, 0.15) is 285 Å². The maximum Gasteiger partial charge on any atom is 0.472 e. The van der Waals surface area contributed by atoms with Crippen LogP contribution in [0.4, 0.5) is 0 Å². The number of phosphoric ester groups is 2. The Kier molecular flexibility index (Phi) is 65.7. The van der Waals surface area contributed by atoms with E-state index in [1.165, 1.54) is 32.1 Å². The first-order valence-corrected chi connectivity index (χ1v) is 39.8. The third-order valence-corrected chi connectivity index (χ3v) is 16.8. The number of allylic oxidation sites excluding steroid dienone is 20. The molecule has 0 saturated heterocycles. The van der Waals surface area contributed by atoms with Gasteiger partial charge in [0.25, 0.3) is 0 Å². The Morgan fingerprint density at radius 2 is 0.552 bits per heavy atom. The SMILES string of the molecule is CC/C=C\C/C=C\C/C=C\C/C=C\CCCCC(=O)OCC(COP(=O)(O)OCC(O)COP(=O)(O)OCC(COC(=O)CCCCCCC/C=C\C/C=C\C/C=C\CC)OC(=O)CCCCCCC/C=C\CCCC)OC(=O)CCCCCCC/C=C\C/C=C\CCCCC. The van der Waals surface area contributed by atoms with Crippen molar-refractivity contribution in [2.75, 3.05) is 39.6 Å². The standard InChI is InChI=1S/C77H130O17P2/c1-5-9-13-17-21-25-29-32-35-38-42-45-49-53-57-61-74(79)87-67-72(93-76(81)63-59-55-51-47-41-28-24-20-16-12-8-4)69-91-95(83,84)89-65-71(78)66-90-96(85,86)92-70-73(94-77(82)64-60-56-52-48-44-40-37-34-31-27-23-19-15-11-7-3)68-88-75(80)62-58-54-50-46-43-39-36-33-30-26-22-18-14-10-6-2/h9-10,13-14,20-27,32-37,43,46,71-73,78H,5-8,11-12,15-19,28-31,38-42,44-45,47-70H2,1-4H3,(H,83,84)(H,85,86)/b13-9-,14-10-,24-20-,25-21-,26-22-,27-23-,35-32-,36-33-,37-34-,46-43-. The summed E-state index contributed by atoms with van der Waals surface area (Å²) in [5.74, 6) is -2.27. The smallest absolute Gasteiger partial charge is 0.462 e. The van der Waals surface area contributed by atoms with Crippen LogP contribution >= 0.6 is 15.6 Å². The average molecular weight is 1390 g/mol. The van der Waals surface area contributed by atoms with Crippen LogP contribution in [0.25, 0.3) is 0 Å². The maximum atomic E-state index is 13.1. The van der Waals surface area contributed by atoms with Crippen molar-refractivity contribution < 1.29 is 80.2 Å². The number of rotatable bonds is 68. The number of aliphatic hydroxyl groups is 1. The van der Waals surface area contributed by atoms with Crippen molar-refractivity contribution in [2.45, 2.75) is 303 Å². The fourth-order valence-corrected chi connectivity index (χ4v) is 10.9. The zero-order valence-corrected chi connectivity index (χ0v) is 61.5. The Balaban J connectivity index is 5.39. The predicted molar refractivity (Wildman–Crippen MR) is 390 cm³/mol. The monoisotopic (exact) mass is 1390 g/mol. The molecule has 0 rings (SSSR count).